The van der Waals surface area contributed by atoms with Crippen LogP contribution in [0.25, 0.3) is 10.7 Å². The van der Waals surface area contributed by atoms with Crippen molar-refractivity contribution < 1.29 is 0 Å². The Morgan fingerprint density at radius 2 is 2.21 bits per heavy atom. The highest BCUT2D eigenvalue weighted by Gasteiger charge is 2.22. The summed E-state index contributed by atoms with van der Waals surface area (Å²) in [7, 11) is 4.17. The molecule has 0 aliphatic carbocycles. The van der Waals surface area contributed by atoms with Crippen LogP contribution in [0.1, 0.15) is 19.9 Å². The van der Waals surface area contributed by atoms with Gasteiger partial charge in [-0.3, -0.25) is 9.67 Å². The van der Waals surface area contributed by atoms with Crippen molar-refractivity contribution in [1.29, 1.82) is 0 Å². The number of thiophene rings is 1. The Morgan fingerprint density at radius 3 is 2.74 bits per heavy atom. The third-order valence-electron chi connectivity index (χ3n) is 3.10. The third kappa shape index (κ3) is 3.13. The summed E-state index contributed by atoms with van der Waals surface area (Å²) in [5, 5.41) is 9.41. The molecule has 104 valence electrons. The SMILES string of the molecule is CC(C)C(CN(C)C)n1c(-c2cccs2)n[nH]c1=S. The fourth-order valence-corrected chi connectivity index (χ4v) is 3.13. The molecular weight excluding hydrogens is 276 g/mol. The third-order valence-corrected chi connectivity index (χ3v) is 4.25. The lowest BCUT2D eigenvalue weighted by atomic mass is 10.0. The summed E-state index contributed by atoms with van der Waals surface area (Å²) < 4.78 is 2.86. The van der Waals surface area contributed by atoms with E-state index in [0.29, 0.717) is 16.7 Å². The van der Waals surface area contributed by atoms with E-state index in [1.807, 2.05) is 6.07 Å². The molecule has 0 fully saturated rings. The molecule has 0 aromatic carbocycles. The summed E-state index contributed by atoms with van der Waals surface area (Å²) in [4.78, 5) is 3.34. The van der Waals surface area contributed by atoms with E-state index in [4.69, 9.17) is 12.2 Å². The molecule has 2 aromatic rings. The lowest BCUT2D eigenvalue weighted by molar-refractivity contribution is 0.269. The second kappa shape index (κ2) is 5.98. The minimum absolute atomic E-state index is 0.318. The Labute approximate surface area is 123 Å². The molecule has 19 heavy (non-hydrogen) atoms. The molecule has 6 heteroatoms. The average Bonchev–Trinajstić information content (AvgIpc) is 2.94. The van der Waals surface area contributed by atoms with Crippen LogP contribution in [0.2, 0.25) is 0 Å². The van der Waals surface area contributed by atoms with Gasteiger partial charge in [0.1, 0.15) is 0 Å². The zero-order chi connectivity index (χ0) is 14.0. The van der Waals surface area contributed by atoms with Crippen LogP contribution in [0.4, 0.5) is 0 Å². The van der Waals surface area contributed by atoms with Crippen molar-refractivity contribution >= 4 is 23.6 Å². The van der Waals surface area contributed by atoms with Gasteiger partial charge in [-0.1, -0.05) is 19.9 Å². The zero-order valence-corrected chi connectivity index (χ0v) is 13.4. The fraction of sp³-hybridized carbons (Fsp3) is 0.538. The molecule has 0 saturated carbocycles. The number of hydrogen-bond acceptors (Lipinski definition) is 4. The minimum atomic E-state index is 0.318. The molecule has 1 atom stereocenters. The quantitative estimate of drug-likeness (QED) is 0.859. The topological polar surface area (TPSA) is 36.9 Å². The summed E-state index contributed by atoms with van der Waals surface area (Å²) in [6.45, 7) is 5.40. The van der Waals surface area contributed by atoms with Gasteiger partial charge in [-0.2, -0.15) is 5.10 Å². The lowest BCUT2D eigenvalue weighted by Crippen LogP contribution is -2.28. The van der Waals surface area contributed by atoms with E-state index in [2.05, 4.69) is 59.1 Å². The molecule has 0 aliphatic rings. The highest BCUT2D eigenvalue weighted by Crippen LogP contribution is 2.28. The largest absolute Gasteiger partial charge is 0.307 e. The normalized spacial score (nSPS) is 13.4. The first-order valence-corrected chi connectivity index (χ1v) is 7.65. The van der Waals surface area contributed by atoms with Crippen molar-refractivity contribution in [3.63, 3.8) is 0 Å². The number of aromatic amines is 1. The molecule has 0 amide bonds. The van der Waals surface area contributed by atoms with Crippen LogP contribution in [0.3, 0.4) is 0 Å². The summed E-state index contributed by atoms with van der Waals surface area (Å²) in [6.07, 6.45) is 0. The van der Waals surface area contributed by atoms with Crippen molar-refractivity contribution in [1.82, 2.24) is 19.7 Å². The number of likely N-dealkylation sites (N-methyl/N-ethyl adjacent to an activating group) is 1. The Hall–Kier alpha value is -0.980. The molecule has 2 heterocycles. The molecule has 1 unspecified atom stereocenters. The van der Waals surface area contributed by atoms with Crippen molar-refractivity contribution in [2.24, 2.45) is 5.92 Å². The van der Waals surface area contributed by atoms with E-state index in [-0.39, 0.29) is 0 Å². The van der Waals surface area contributed by atoms with Crippen LogP contribution >= 0.6 is 23.6 Å². The lowest BCUT2D eigenvalue weighted by Gasteiger charge is -2.26. The standard InChI is InChI=1S/C13H20N4S2/c1-9(2)10(8-16(3)4)17-12(14-15-13(17)18)11-6-5-7-19-11/h5-7,9-10H,8H2,1-4H3,(H,15,18). The predicted molar refractivity (Wildman–Crippen MR) is 83.2 cm³/mol. The van der Waals surface area contributed by atoms with Gasteiger partial charge in [-0.15, -0.1) is 11.3 Å². The molecule has 2 aromatic heterocycles. The van der Waals surface area contributed by atoms with Crippen molar-refractivity contribution in [2.75, 3.05) is 20.6 Å². The first-order valence-electron chi connectivity index (χ1n) is 6.36. The number of nitrogens with zero attached hydrogens (tertiary/aromatic N) is 3. The van der Waals surface area contributed by atoms with Gasteiger partial charge in [0.2, 0.25) is 0 Å². The van der Waals surface area contributed by atoms with Gasteiger partial charge >= 0.3 is 0 Å². The molecule has 0 radical (unpaired) electrons. The smallest absolute Gasteiger partial charge is 0.195 e. The highest BCUT2D eigenvalue weighted by molar-refractivity contribution is 7.71. The molecule has 2 rings (SSSR count). The van der Waals surface area contributed by atoms with Crippen LogP contribution in [0.5, 0.6) is 0 Å². The van der Waals surface area contributed by atoms with Crippen molar-refractivity contribution in [2.45, 2.75) is 19.9 Å². The second-order valence-corrected chi connectivity index (χ2v) is 6.61. The van der Waals surface area contributed by atoms with Crippen LogP contribution in [0, 0.1) is 10.7 Å². The zero-order valence-electron chi connectivity index (χ0n) is 11.8. The van der Waals surface area contributed by atoms with Crippen LogP contribution < -0.4 is 0 Å². The number of H-pyrrole nitrogens is 1. The maximum Gasteiger partial charge on any atom is 0.195 e. The monoisotopic (exact) mass is 296 g/mol. The molecule has 0 spiro atoms. The van der Waals surface area contributed by atoms with Gasteiger partial charge in [0.05, 0.1) is 10.9 Å². The van der Waals surface area contributed by atoms with E-state index in [0.717, 1.165) is 17.2 Å². The van der Waals surface area contributed by atoms with Gasteiger partial charge in [0.15, 0.2) is 10.6 Å². The molecule has 1 N–H and O–H groups in total. The highest BCUT2D eigenvalue weighted by atomic mass is 32.1. The second-order valence-electron chi connectivity index (χ2n) is 5.27. The maximum absolute atomic E-state index is 5.43. The van der Waals surface area contributed by atoms with Crippen LogP contribution in [0.15, 0.2) is 17.5 Å². The van der Waals surface area contributed by atoms with Crippen LogP contribution in [-0.4, -0.2) is 40.3 Å². The van der Waals surface area contributed by atoms with Crippen LogP contribution in [-0.2, 0) is 0 Å². The average molecular weight is 296 g/mol. The minimum Gasteiger partial charge on any atom is -0.307 e. The van der Waals surface area contributed by atoms with E-state index in [1.165, 1.54) is 0 Å². The Kier molecular flexibility index (Phi) is 4.54. The van der Waals surface area contributed by atoms with E-state index in [1.54, 1.807) is 11.3 Å². The molecule has 0 bridgehead atoms. The van der Waals surface area contributed by atoms with Crippen molar-refractivity contribution in [3.8, 4) is 10.7 Å². The first-order chi connectivity index (χ1) is 9.00. The van der Waals surface area contributed by atoms with E-state index >= 15 is 0 Å². The van der Waals surface area contributed by atoms with Gasteiger partial charge in [0.25, 0.3) is 0 Å². The predicted octanol–water partition coefficient (Wildman–Crippen LogP) is 3.43. The Balaban J connectivity index is 2.48. The van der Waals surface area contributed by atoms with Gasteiger partial charge < -0.3 is 4.90 Å². The first kappa shape index (κ1) is 14.4. The number of rotatable bonds is 5. The van der Waals surface area contributed by atoms with E-state index in [9.17, 15) is 0 Å². The summed E-state index contributed by atoms with van der Waals surface area (Å²) >= 11 is 7.11. The summed E-state index contributed by atoms with van der Waals surface area (Å²) in [5.74, 6) is 1.44. The molecule has 0 aliphatic heterocycles. The Morgan fingerprint density at radius 1 is 1.47 bits per heavy atom. The molecule has 0 saturated heterocycles. The van der Waals surface area contributed by atoms with E-state index < -0.39 is 0 Å². The van der Waals surface area contributed by atoms with Crippen molar-refractivity contribution in [3.05, 3.63) is 22.3 Å². The van der Waals surface area contributed by atoms with Gasteiger partial charge in [-0.05, 0) is 43.7 Å². The van der Waals surface area contributed by atoms with Gasteiger partial charge in [0, 0.05) is 6.54 Å². The Bertz CT molecular complexity index is 566. The molecular formula is C13H20N4S2. The molecule has 4 nitrogen and oxygen atoms in total. The van der Waals surface area contributed by atoms with Gasteiger partial charge in [-0.25, -0.2) is 0 Å². The summed E-state index contributed by atoms with van der Waals surface area (Å²) in [5.41, 5.74) is 0. The fourth-order valence-electron chi connectivity index (χ4n) is 2.16. The number of nitrogens with one attached hydrogen (secondary N) is 1. The number of aromatic nitrogens is 3. The maximum atomic E-state index is 5.43. The number of hydrogen-bond donors (Lipinski definition) is 1. The summed E-state index contributed by atoms with van der Waals surface area (Å²) in [6, 6.07) is 4.44.